The molecule has 1 aromatic carbocycles. The van der Waals surface area contributed by atoms with Gasteiger partial charge in [0.15, 0.2) is 0 Å². The fourth-order valence-electron chi connectivity index (χ4n) is 1.98. The summed E-state index contributed by atoms with van der Waals surface area (Å²) < 4.78 is 26.4. The molecule has 2 aromatic rings. The van der Waals surface area contributed by atoms with Gasteiger partial charge in [0, 0.05) is 30.0 Å². The van der Waals surface area contributed by atoms with Gasteiger partial charge in [-0.15, -0.1) is 0 Å². The van der Waals surface area contributed by atoms with Crippen molar-refractivity contribution in [3.63, 3.8) is 0 Å². The highest BCUT2D eigenvalue weighted by Gasteiger charge is 2.27. The number of nitrogens with one attached hydrogen (secondary N) is 1. The highest BCUT2D eigenvalue weighted by Crippen LogP contribution is 2.26. The first-order valence-corrected chi connectivity index (χ1v) is 8.19. The molecular formula is C14H17ClN2O3S. The van der Waals surface area contributed by atoms with Crippen molar-refractivity contribution in [3.05, 3.63) is 52.8 Å². The van der Waals surface area contributed by atoms with E-state index < -0.39 is 10.0 Å². The molecule has 1 atom stereocenters. The Hall–Kier alpha value is -1.34. The van der Waals surface area contributed by atoms with Gasteiger partial charge >= 0.3 is 0 Å². The number of benzene rings is 1. The normalized spacial score (nSPS) is 13.6. The number of aliphatic hydroxyl groups excluding tert-OH is 1. The molecule has 0 saturated heterocycles. The van der Waals surface area contributed by atoms with Gasteiger partial charge in [-0.25, -0.2) is 8.42 Å². The molecule has 2 N–H and O–H groups in total. The monoisotopic (exact) mass is 328 g/mol. The average Bonchev–Trinajstić information content (AvgIpc) is 2.96. The maximum absolute atomic E-state index is 12.5. The van der Waals surface area contributed by atoms with Crippen molar-refractivity contribution in [2.24, 2.45) is 0 Å². The van der Waals surface area contributed by atoms with Gasteiger partial charge in [0.05, 0.1) is 11.5 Å². The molecule has 114 valence electrons. The summed E-state index contributed by atoms with van der Waals surface area (Å²) in [7, 11) is -2.10. The van der Waals surface area contributed by atoms with Crippen LogP contribution in [0.5, 0.6) is 0 Å². The van der Waals surface area contributed by atoms with Crippen LogP contribution in [0.25, 0.3) is 0 Å². The zero-order chi connectivity index (χ0) is 15.6. The summed E-state index contributed by atoms with van der Waals surface area (Å²) in [6.07, 6.45) is 1.38. The minimum atomic E-state index is -3.63. The predicted octanol–water partition coefficient (Wildman–Crippen LogP) is 2.54. The summed E-state index contributed by atoms with van der Waals surface area (Å²) in [5.74, 6) is 0. The van der Waals surface area contributed by atoms with E-state index >= 15 is 0 Å². The van der Waals surface area contributed by atoms with Crippen LogP contribution in [0.3, 0.4) is 0 Å². The van der Waals surface area contributed by atoms with Gasteiger partial charge in [-0.1, -0.05) is 23.7 Å². The summed E-state index contributed by atoms with van der Waals surface area (Å²) in [5.41, 5.74) is 1.31. The van der Waals surface area contributed by atoms with Gasteiger partial charge in [0.1, 0.15) is 0 Å². The number of nitrogens with zero attached hydrogens (tertiary/aromatic N) is 1. The number of H-pyrrole nitrogens is 1. The Balaban J connectivity index is 2.28. The van der Waals surface area contributed by atoms with E-state index in [1.165, 1.54) is 23.6 Å². The number of sulfonamides is 1. The molecule has 0 spiro atoms. The molecule has 0 aliphatic carbocycles. The van der Waals surface area contributed by atoms with Crippen LogP contribution in [0.1, 0.15) is 24.2 Å². The molecule has 1 aromatic heterocycles. The molecule has 0 bridgehead atoms. The fraction of sp³-hybridized carbons (Fsp3) is 0.286. The van der Waals surface area contributed by atoms with E-state index in [0.29, 0.717) is 10.7 Å². The summed E-state index contributed by atoms with van der Waals surface area (Å²) in [6, 6.07) is 8.16. The second-order valence-corrected chi connectivity index (χ2v) is 7.20. The maximum atomic E-state index is 12.5. The van der Waals surface area contributed by atoms with E-state index in [1.54, 1.807) is 31.2 Å². The molecule has 1 heterocycles. The molecular weight excluding hydrogens is 312 g/mol. The van der Waals surface area contributed by atoms with Crippen molar-refractivity contribution in [1.82, 2.24) is 9.29 Å². The lowest BCUT2D eigenvalue weighted by Gasteiger charge is -2.24. The molecule has 0 saturated carbocycles. The smallest absolute Gasteiger partial charge is 0.244 e. The highest BCUT2D eigenvalue weighted by atomic mass is 35.5. The number of aromatic nitrogens is 1. The Morgan fingerprint density at radius 3 is 2.48 bits per heavy atom. The number of aliphatic hydroxyl groups is 1. The molecule has 7 heteroatoms. The Kier molecular flexibility index (Phi) is 4.73. The molecule has 0 fully saturated rings. The quantitative estimate of drug-likeness (QED) is 0.885. The summed E-state index contributed by atoms with van der Waals surface area (Å²) >= 11 is 5.84. The van der Waals surface area contributed by atoms with E-state index in [0.717, 1.165) is 5.56 Å². The van der Waals surface area contributed by atoms with E-state index in [2.05, 4.69) is 4.98 Å². The van der Waals surface area contributed by atoms with Gasteiger partial charge in [0.2, 0.25) is 10.0 Å². The van der Waals surface area contributed by atoms with Crippen LogP contribution >= 0.6 is 11.6 Å². The van der Waals surface area contributed by atoms with E-state index in [4.69, 9.17) is 16.7 Å². The van der Waals surface area contributed by atoms with Gasteiger partial charge in [-0.05, 0) is 30.7 Å². The Bertz CT molecular complexity index is 710. The fourth-order valence-corrected chi connectivity index (χ4v) is 3.48. The van der Waals surface area contributed by atoms with Gasteiger partial charge in [-0.3, -0.25) is 0 Å². The third-order valence-electron chi connectivity index (χ3n) is 3.46. The Labute approximate surface area is 129 Å². The van der Waals surface area contributed by atoms with Crippen LogP contribution in [-0.2, 0) is 16.6 Å². The molecule has 21 heavy (non-hydrogen) atoms. The summed E-state index contributed by atoms with van der Waals surface area (Å²) in [5, 5.41) is 9.62. The third-order valence-corrected chi connectivity index (χ3v) is 5.62. The zero-order valence-corrected chi connectivity index (χ0v) is 13.3. The number of hydrogen-bond acceptors (Lipinski definition) is 3. The minimum absolute atomic E-state index is 0.134. The van der Waals surface area contributed by atoms with Crippen LogP contribution in [-0.4, -0.2) is 29.9 Å². The third kappa shape index (κ3) is 3.29. The van der Waals surface area contributed by atoms with Crippen molar-refractivity contribution in [2.45, 2.75) is 24.5 Å². The predicted molar refractivity (Wildman–Crippen MR) is 81.5 cm³/mol. The standard InChI is InChI=1S/C14H17ClN2O3S/c1-10(11-3-5-12(15)6-4-11)17(2)21(19,20)14-7-13(9-18)16-8-14/h3-8,10,16,18H,9H2,1-2H3. The van der Waals surface area contributed by atoms with Crippen molar-refractivity contribution in [1.29, 1.82) is 0 Å². The van der Waals surface area contributed by atoms with Crippen molar-refractivity contribution >= 4 is 21.6 Å². The SMILES string of the molecule is CC(c1ccc(Cl)cc1)N(C)S(=O)(=O)c1c[nH]c(CO)c1. The largest absolute Gasteiger partial charge is 0.390 e. The van der Waals surface area contributed by atoms with Crippen LogP contribution < -0.4 is 0 Å². The van der Waals surface area contributed by atoms with Crippen LogP contribution in [0, 0.1) is 0 Å². The highest BCUT2D eigenvalue weighted by molar-refractivity contribution is 7.89. The van der Waals surface area contributed by atoms with E-state index in [-0.39, 0.29) is 17.5 Å². The molecule has 1 unspecified atom stereocenters. The number of rotatable bonds is 5. The Morgan fingerprint density at radius 1 is 1.33 bits per heavy atom. The first-order chi connectivity index (χ1) is 9.86. The van der Waals surface area contributed by atoms with Crippen molar-refractivity contribution < 1.29 is 13.5 Å². The van der Waals surface area contributed by atoms with Crippen LogP contribution in [0.2, 0.25) is 5.02 Å². The van der Waals surface area contributed by atoms with Crippen molar-refractivity contribution in [3.8, 4) is 0 Å². The van der Waals surface area contributed by atoms with Crippen LogP contribution in [0.15, 0.2) is 41.4 Å². The Morgan fingerprint density at radius 2 is 1.95 bits per heavy atom. The van der Waals surface area contributed by atoms with Crippen LogP contribution in [0.4, 0.5) is 0 Å². The van der Waals surface area contributed by atoms with Crippen molar-refractivity contribution in [2.75, 3.05) is 7.05 Å². The van der Waals surface area contributed by atoms with E-state index in [9.17, 15) is 8.42 Å². The number of aromatic amines is 1. The molecule has 0 aliphatic heterocycles. The lowest BCUT2D eigenvalue weighted by Crippen LogP contribution is -2.29. The first kappa shape index (κ1) is 16.0. The first-order valence-electron chi connectivity index (χ1n) is 6.38. The summed E-state index contributed by atoms with van der Waals surface area (Å²) in [4.78, 5) is 2.86. The molecule has 5 nitrogen and oxygen atoms in total. The second kappa shape index (κ2) is 6.19. The maximum Gasteiger partial charge on any atom is 0.244 e. The zero-order valence-electron chi connectivity index (χ0n) is 11.7. The average molecular weight is 329 g/mol. The molecule has 2 rings (SSSR count). The lowest BCUT2D eigenvalue weighted by atomic mass is 10.1. The minimum Gasteiger partial charge on any atom is -0.390 e. The van der Waals surface area contributed by atoms with Gasteiger partial charge in [-0.2, -0.15) is 4.31 Å². The number of hydrogen-bond donors (Lipinski definition) is 2. The number of halogens is 1. The topological polar surface area (TPSA) is 73.4 Å². The van der Waals surface area contributed by atoms with Gasteiger partial charge < -0.3 is 10.1 Å². The molecule has 0 amide bonds. The molecule has 0 aliphatic rings. The molecule has 0 radical (unpaired) electrons. The van der Waals surface area contributed by atoms with E-state index in [1.807, 2.05) is 0 Å². The van der Waals surface area contributed by atoms with Gasteiger partial charge in [0.25, 0.3) is 0 Å². The lowest BCUT2D eigenvalue weighted by molar-refractivity contribution is 0.277. The second-order valence-electron chi connectivity index (χ2n) is 4.77. The summed E-state index contributed by atoms with van der Waals surface area (Å²) in [6.45, 7) is 1.58.